The van der Waals surface area contributed by atoms with Crippen LogP contribution in [-0.4, -0.2) is 73.5 Å². The highest BCUT2D eigenvalue weighted by Crippen LogP contribution is 2.53. The van der Waals surface area contributed by atoms with Crippen molar-refractivity contribution in [2.24, 2.45) is 17.6 Å². The topological polar surface area (TPSA) is 205 Å². The molecular weight excluding hydrogens is 510 g/mol. The van der Waals surface area contributed by atoms with Crippen molar-refractivity contribution in [3.63, 3.8) is 0 Å². The molecule has 0 unspecified atom stereocenters. The van der Waals surface area contributed by atoms with Gasteiger partial charge in [0.05, 0.1) is 16.5 Å². The second-order valence-electron chi connectivity index (χ2n) is 10.3. The number of nitrogens with two attached hydrogens (primary N) is 1. The molecule has 202 valence electrons. The smallest absolute Gasteiger partial charge is 0.270 e. The quantitative estimate of drug-likeness (QED) is 0.217. The fourth-order valence-corrected chi connectivity index (χ4v) is 6.30. The Kier molecular flexibility index (Phi) is 5.85. The van der Waals surface area contributed by atoms with Gasteiger partial charge in [-0.15, -0.1) is 0 Å². The van der Waals surface area contributed by atoms with E-state index in [9.17, 15) is 44.9 Å². The summed E-state index contributed by atoms with van der Waals surface area (Å²) in [6.07, 6.45) is 0.0107. The minimum atomic E-state index is -2.72. The summed E-state index contributed by atoms with van der Waals surface area (Å²) in [7, 11) is 3.04. The van der Waals surface area contributed by atoms with Crippen LogP contribution >= 0.6 is 0 Å². The second kappa shape index (κ2) is 8.75. The number of rotatable bonds is 4. The molecule has 1 saturated carbocycles. The van der Waals surface area contributed by atoms with Crippen LogP contribution in [0.5, 0.6) is 5.75 Å². The number of non-ortho nitro benzene ring substituents is 1. The molecule has 0 radical (unpaired) electrons. The number of likely N-dealkylation sites (N-methyl/N-ethyl adjacent to an activating group) is 1. The van der Waals surface area contributed by atoms with Gasteiger partial charge >= 0.3 is 0 Å². The minimum absolute atomic E-state index is 0.0597. The number of phenols is 1. The van der Waals surface area contributed by atoms with E-state index >= 15 is 0 Å². The molecule has 3 aliphatic carbocycles. The highest BCUT2D eigenvalue weighted by molar-refractivity contribution is 6.24. The summed E-state index contributed by atoms with van der Waals surface area (Å²) in [5.41, 5.74) is 2.54. The first-order valence-corrected chi connectivity index (χ1v) is 12.0. The van der Waals surface area contributed by atoms with Crippen molar-refractivity contribution in [2.45, 2.75) is 24.5 Å². The summed E-state index contributed by atoms with van der Waals surface area (Å²) in [5, 5.41) is 55.9. The van der Waals surface area contributed by atoms with E-state index in [-0.39, 0.29) is 35.4 Å². The number of aliphatic hydroxyl groups excluding tert-OH is 2. The molecule has 1 fully saturated rings. The normalized spacial score (nSPS) is 26.3. The zero-order valence-corrected chi connectivity index (χ0v) is 20.9. The molecule has 39 heavy (non-hydrogen) atoms. The second-order valence-corrected chi connectivity index (χ2v) is 10.3. The molecular formula is C27H25N3O9. The van der Waals surface area contributed by atoms with Crippen molar-refractivity contribution in [3.8, 4) is 16.9 Å². The highest BCUT2D eigenvalue weighted by Gasteiger charge is 2.64. The lowest BCUT2D eigenvalue weighted by Crippen LogP contribution is -2.65. The van der Waals surface area contributed by atoms with E-state index in [1.807, 2.05) is 0 Å². The third-order valence-electron chi connectivity index (χ3n) is 7.97. The molecule has 0 saturated heterocycles. The van der Waals surface area contributed by atoms with Crippen LogP contribution in [-0.2, 0) is 20.8 Å². The molecule has 0 aromatic heterocycles. The number of nitrogens with zero attached hydrogens (tertiary/aromatic N) is 2. The number of amides is 1. The number of carbonyl (C=O) groups excluding carboxylic acids is 3. The predicted molar refractivity (Wildman–Crippen MR) is 136 cm³/mol. The maximum absolute atomic E-state index is 13.9. The van der Waals surface area contributed by atoms with Gasteiger partial charge in [0.1, 0.15) is 22.8 Å². The van der Waals surface area contributed by atoms with Crippen LogP contribution in [0.25, 0.3) is 16.9 Å². The van der Waals surface area contributed by atoms with Crippen LogP contribution in [0.15, 0.2) is 53.3 Å². The molecule has 0 bridgehead atoms. The first-order chi connectivity index (χ1) is 18.3. The van der Waals surface area contributed by atoms with Gasteiger partial charge in [0, 0.05) is 23.6 Å². The summed E-state index contributed by atoms with van der Waals surface area (Å²) in [5.74, 6) is -7.37. The van der Waals surface area contributed by atoms with E-state index in [4.69, 9.17) is 5.73 Å². The number of ketones is 2. The van der Waals surface area contributed by atoms with Crippen molar-refractivity contribution in [2.75, 3.05) is 14.1 Å². The third-order valence-corrected chi connectivity index (χ3v) is 7.97. The predicted octanol–water partition coefficient (Wildman–Crippen LogP) is 1.54. The van der Waals surface area contributed by atoms with Gasteiger partial charge in [0.25, 0.3) is 11.6 Å². The van der Waals surface area contributed by atoms with E-state index in [0.717, 1.165) is 0 Å². The van der Waals surface area contributed by atoms with Crippen molar-refractivity contribution in [1.82, 2.24) is 4.90 Å². The number of carbonyl (C=O) groups is 3. The van der Waals surface area contributed by atoms with Crippen molar-refractivity contribution in [1.29, 1.82) is 0 Å². The molecule has 0 aliphatic heterocycles. The average Bonchev–Trinajstić information content (AvgIpc) is 2.86. The Morgan fingerprint density at radius 2 is 1.85 bits per heavy atom. The molecule has 1 amide bonds. The molecule has 6 N–H and O–H groups in total. The van der Waals surface area contributed by atoms with Crippen LogP contribution in [0, 0.1) is 22.0 Å². The zero-order valence-electron chi connectivity index (χ0n) is 20.9. The Morgan fingerprint density at radius 1 is 1.15 bits per heavy atom. The lowest BCUT2D eigenvalue weighted by molar-refractivity contribution is -0.384. The Labute approximate surface area is 221 Å². The van der Waals surface area contributed by atoms with Gasteiger partial charge in [-0.1, -0.05) is 18.2 Å². The van der Waals surface area contributed by atoms with E-state index < -0.39 is 63.0 Å². The zero-order chi connectivity index (χ0) is 28.5. The van der Waals surface area contributed by atoms with Gasteiger partial charge in [-0.05, 0) is 55.6 Å². The minimum Gasteiger partial charge on any atom is -0.508 e. The molecule has 2 aromatic rings. The largest absolute Gasteiger partial charge is 0.508 e. The van der Waals surface area contributed by atoms with Crippen LogP contribution in [0.3, 0.4) is 0 Å². The number of primary amides is 1. The number of Topliss-reactive ketones (excluding diaryl/α,β-unsaturated/α-hetero) is 2. The van der Waals surface area contributed by atoms with E-state index in [2.05, 4.69) is 0 Å². The molecule has 3 aliphatic rings. The first-order valence-electron chi connectivity index (χ1n) is 12.0. The Hall–Kier alpha value is -4.55. The Balaban J connectivity index is 1.73. The van der Waals surface area contributed by atoms with Gasteiger partial charge in [-0.3, -0.25) is 29.4 Å². The van der Waals surface area contributed by atoms with Gasteiger partial charge in [-0.25, -0.2) is 0 Å². The lowest BCUT2D eigenvalue weighted by atomic mass is 9.57. The van der Waals surface area contributed by atoms with Crippen LogP contribution in [0.4, 0.5) is 5.69 Å². The van der Waals surface area contributed by atoms with Gasteiger partial charge in [0.15, 0.2) is 11.4 Å². The molecule has 0 heterocycles. The lowest BCUT2D eigenvalue weighted by Gasteiger charge is -2.50. The maximum atomic E-state index is 13.9. The van der Waals surface area contributed by atoms with Crippen molar-refractivity contribution >= 4 is 28.9 Å². The number of benzene rings is 2. The van der Waals surface area contributed by atoms with E-state index in [0.29, 0.717) is 16.7 Å². The number of nitro groups is 1. The number of fused-ring (bicyclic) bond motifs is 3. The van der Waals surface area contributed by atoms with Gasteiger partial charge in [-0.2, -0.15) is 0 Å². The summed E-state index contributed by atoms with van der Waals surface area (Å²) in [6.45, 7) is 0. The third kappa shape index (κ3) is 3.56. The molecule has 5 rings (SSSR count). The molecule has 12 heteroatoms. The molecule has 4 atom stereocenters. The van der Waals surface area contributed by atoms with E-state index in [1.165, 1.54) is 43.3 Å². The summed E-state index contributed by atoms with van der Waals surface area (Å²) in [4.78, 5) is 51.3. The fourth-order valence-electron chi connectivity index (χ4n) is 6.30. The fraction of sp³-hybridized carbons (Fsp3) is 0.296. The van der Waals surface area contributed by atoms with Crippen LogP contribution in [0.2, 0.25) is 0 Å². The molecule has 12 nitrogen and oxygen atoms in total. The van der Waals surface area contributed by atoms with Gasteiger partial charge in [0.2, 0.25) is 5.78 Å². The number of hydrogen-bond acceptors (Lipinski definition) is 10. The summed E-state index contributed by atoms with van der Waals surface area (Å²) < 4.78 is 0. The number of aromatic hydroxyl groups is 1. The number of hydrogen-bond donors (Lipinski definition) is 5. The van der Waals surface area contributed by atoms with Gasteiger partial charge < -0.3 is 26.2 Å². The Bertz CT molecular complexity index is 1560. The van der Waals surface area contributed by atoms with Crippen LogP contribution < -0.4 is 5.73 Å². The number of nitro benzene ring substituents is 1. The standard InChI is InChI=1S/C27H25N3O9/c1-29(2)21-16-10-12-9-15-14(11-4-3-5-13(8-11)30(38)39)6-7-17(31)19(15)22(32)18(12)24(34)27(16,37)25(35)20(23(21)33)26(28)36/h3-8,12,16,21,31-32,35,37H,9-10H2,1-2H3,(H2,28,36)/t12-,16+,21+,27+/m1/s1. The van der Waals surface area contributed by atoms with Crippen LogP contribution in [0.1, 0.15) is 17.5 Å². The van der Waals surface area contributed by atoms with E-state index in [1.54, 1.807) is 12.1 Å². The van der Waals surface area contributed by atoms with Crippen molar-refractivity contribution in [3.05, 3.63) is 74.5 Å². The number of aliphatic hydroxyl groups is 3. The highest BCUT2D eigenvalue weighted by atomic mass is 16.6. The van der Waals surface area contributed by atoms with Crippen molar-refractivity contribution < 1.29 is 39.7 Å². The molecule has 0 spiro atoms. The Morgan fingerprint density at radius 3 is 2.46 bits per heavy atom. The SMILES string of the molecule is CN(C)[C@@H]1C(=O)C(C(N)=O)=C(O)[C@@]2(O)C(=O)C3=C(O)c4c(O)ccc(-c5cccc([N+](=O)[O-])c5)c4C[C@@H]3C[C@@H]12. The first kappa shape index (κ1) is 26.1. The average molecular weight is 536 g/mol. The molecule has 2 aromatic carbocycles. The summed E-state index contributed by atoms with van der Waals surface area (Å²) >= 11 is 0. The number of phenolic OH excluding ortho intramolecular Hbond substituents is 1. The monoisotopic (exact) mass is 535 g/mol. The summed E-state index contributed by atoms with van der Waals surface area (Å²) in [6, 6.07) is 7.45. The maximum Gasteiger partial charge on any atom is 0.270 e.